The molecule has 8 nitrogen and oxygen atoms in total. The first-order chi connectivity index (χ1) is 12.4. The zero-order chi connectivity index (χ0) is 18.7. The lowest BCUT2D eigenvalue weighted by Gasteiger charge is -2.34. The number of anilines is 2. The summed E-state index contributed by atoms with van der Waals surface area (Å²) in [4.78, 5) is 12.6. The molecule has 0 saturated carbocycles. The summed E-state index contributed by atoms with van der Waals surface area (Å²) in [5.41, 5.74) is 0.441. The van der Waals surface area contributed by atoms with Gasteiger partial charge in [0.05, 0.1) is 18.0 Å². The number of amides is 1. The van der Waals surface area contributed by atoms with Gasteiger partial charge in [-0.15, -0.1) is 10.2 Å². The van der Waals surface area contributed by atoms with Crippen LogP contribution in [0.3, 0.4) is 0 Å². The molecule has 0 spiro atoms. The number of carbonyl (C=O) groups is 1. The number of nitrogens with zero attached hydrogens (tertiary/aromatic N) is 3. The molecule has 1 aromatic carbocycles. The average molecular weight is 415 g/mol. The van der Waals surface area contributed by atoms with Gasteiger partial charge in [0.1, 0.15) is 5.75 Å². The number of fused-ring (bicyclic) bond motifs is 1. The molecule has 3 rings (SSSR count). The number of nitrogens with one attached hydrogen (secondary N) is 1. The van der Waals surface area contributed by atoms with Gasteiger partial charge in [0.2, 0.25) is 15.2 Å². The first kappa shape index (κ1) is 18.9. The van der Waals surface area contributed by atoms with Crippen LogP contribution >= 0.6 is 23.1 Å². The van der Waals surface area contributed by atoms with E-state index in [0.29, 0.717) is 16.6 Å². The molecule has 0 saturated heterocycles. The Morgan fingerprint density at radius 2 is 2.15 bits per heavy atom. The molecule has 1 N–H and O–H groups in total. The van der Waals surface area contributed by atoms with E-state index in [9.17, 15) is 13.2 Å². The number of aromatic nitrogens is 2. The number of benzene rings is 1. The first-order valence-corrected chi connectivity index (χ1v) is 11.4. The van der Waals surface area contributed by atoms with Crippen LogP contribution in [-0.4, -0.2) is 48.7 Å². The summed E-state index contributed by atoms with van der Waals surface area (Å²) < 4.78 is 32.6. The molecule has 140 valence electrons. The quantitative estimate of drug-likeness (QED) is 0.571. The van der Waals surface area contributed by atoms with E-state index in [4.69, 9.17) is 4.74 Å². The Morgan fingerprint density at radius 1 is 1.38 bits per heavy atom. The van der Waals surface area contributed by atoms with E-state index in [0.717, 1.165) is 10.1 Å². The highest BCUT2D eigenvalue weighted by molar-refractivity contribution is 8.01. The van der Waals surface area contributed by atoms with Crippen molar-refractivity contribution in [1.82, 2.24) is 10.2 Å². The molecule has 0 aliphatic carbocycles. The lowest BCUT2D eigenvalue weighted by atomic mass is 10.2. The fourth-order valence-electron chi connectivity index (χ4n) is 2.39. The normalized spacial score (nSPS) is 16.7. The van der Waals surface area contributed by atoms with E-state index < -0.39 is 22.0 Å². The van der Waals surface area contributed by atoms with Gasteiger partial charge in [-0.3, -0.25) is 14.4 Å². The third kappa shape index (κ3) is 3.94. The molecule has 1 atom stereocenters. The van der Waals surface area contributed by atoms with Gasteiger partial charge in [0, 0.05) is 0 Å². The van der Waals surface area contributed by atoms with Crippen LogP contribution in [-0.2, 0) is 14.8 Å². The monoisotopic (exact) mass is 414 g/mol. The summed E-state index contributed by atoms with van der Waals surface area (Å²) in [5.74, 6) is 0.689. The molecule has 2 aromatic rings. The second-order valence-corrected chi connectivity index (χ2v) is 9.97. The summed E-state index contributed by atoms with van der Waals surface area (Å²) in [6.07, 6.45) is -0.975. The molecule has 11 heteroatoms. The predicted molar refractivity (Wildman–Crippen MR) is 103 cm³/mol. The van der Waals surface area contributed by atoms with E-state index >= 15 is 0 Å². The fourth-order valence-corrected chi connectivity index (χ4v) is 5.16. The maximum atomic E-state index is 12.6. The van der Waals surface area contributed by atoms with E-state index in [1.807, 2.05) is 6.92 Å². The minimum atomic E-state index is -3.53. The van der Waals surface area contributed by atoms with Gasteiger partial charge >= 0.3 is 0 Å². The number of thioether (sulfide) groups is 1. The van der Waals surface area contributed by atoms with Crippen molar-refractivity contribution >= 4 is 49.8 Å². The molecular weight excluding hydrogens is 396 g/mol. The highest BCUT2D eigenvalue weighted by Crippen LogP contribution is 2.35. The standard InChI is InChI=1S/C15H18N4O4S3/c1-3-24-15-18-17-14(25-15)16-13(20)12-9-19(26(21,22)4-2)10-7-5-6-8-11(10)23-12/h5-8,12H,3-4,9H2,1-2H3,(H,16,17,20)/t12-/m0/s1. The van der Waals surface area contributed by atoms with Crippen LogP contribution < -0.4 is 14.4 Å². The summed E-state index contributed by atoms with van der Waals surface area (Å²) in [7, 11) is -3.53. The molecule has 0 unspecified atom stereocenters. The summed E-state index contributed by atoms with van der Waals surface area (Å²) in [6.45, 7) is 3.48. The Hall–Kier alpha value is -1.85. The maximum Gasteiger partial charge on any atom is 0.269 e. The van der Waals surface area contributed by atoms with Crippen LogP contribution in [0, 0.1) is 0 Å². The number of para-hydroxylation sites is 2. The van der Waals surface area contributed by atoms with E-state index in [2.05, 4.69) is 15.5 Å². The van der Waals surface area contributed by atoms with Crippen LogP contribution in [0.2, 0.25) is 0 Å². The highest BCUT2D eigenvalue weighted by atomic mass is 32.2. The molecular formula is C15H18N4O4S3. The smallest absolute Gasteiger partial charge is 0.269 e. The van der Waals surface area contributed by atoms with Gasteiger partial charge in [-0.05, 0) is 24.8 Å². The van der Waals surface area contributed by atoms with Crippen molar-refractivity contribution in [2.45, 2.75) is 24.3 Å². The SMILES string of the molecule is CCSc1nnc(NC(=O)[C@@H]2CN(S(=O)(=O)CC)c3ccccc3O2)s1. The molecule has 1 aromatic heterocycles. The van der Waals surface area contributed by atoms with Crippen molar-refractivity contribution < 1.29 is 17.9 Å². The second-order valence-electron chi connectivity index (χ2n) is 5.30. The third-order valence-electron chi connectivity index (χ3n) is 3.63. The predicted octanol–water partition coefficient (Wildman–Crippen LogP) is 2.21. The van der Waals surface area contributed by atoms with Gasteiger partial charge in [0.25, 0.3) is 5.91 Å². The summed E-state index contributed by atoms with van der Waals surface area (Å²) >= 11 is 2.80. The van der Waals surface area contributed by atoms with Crippen molar-refractivity contribution in [3.05, 3.63) is 24.3 Å². The molecule has 0 radical (unpaired) electrons. The summed E-state index contributed by atoms with van der Waals surface area (Å²) in [5, 5.41) is 10.9. The first-order valence-electron chi connectivity index (χ1n) is 7.98. The van der Waals surface area contributed by atoms with Gasteiger partial charge in [-0.2, -0.15) is 0 Å². The Balaban J connectivity index is 1.81. The Kier molecular flexibility index (Phi) is 5.68. The molecule has 1 aliphatic rings. The number of sulfonamides is 1. The molecule has 1 aliphatic heterocycles. The van der Waals surface area contributed by atoms with Gasteiger partial charge < -0.3 is 4.74 Å². The minimum absolute atomic E-state index is 0.0658. The number of hydrogen-bond donors (Lipinski definition) is 1. The van der Waals surface area contributed by atoms with Crippen LogP contribution in [0.15, 0.2) is 28.6 Å². The van der Waals surface area contributed by atoms with Crippen LogP contribution in [0.1, 0.15) is 13.8 Å². The second kappa shape index (κ2) is 7.80. The zero-order valence-electron chi connectivity index (χ0n) is 14.2. The number of carbonyl (C=O) groups excluding carboxylic acids is 1. The van der Waals surface area contributed by atoms with Gasteiger partial charge in [-0.25, -0.2) is 8.42 Å². The minimum Gasteiger partial charge on any atom is -0.476 e. The number of hydrogen-bond acceptors (Lipinski definition) is 8. The molecule has 1 amide bonds. The lowest BCUT2D eigenvalue weighted by Crippen LogP contribution is -2.49. The fraction of sp³-hybridized carbons (Fsp3) is 0.400. The topological polar surface area (TPSA) is 101 Å². The van der Waals surface area contributed by atoms with Crippen LogP contribution in [0.4, 0.5) is 10.8 Å². The third-order valence-corrected chi connectivity index (χ3v) is 7.23. The molecule has 26 heavy (non-hydrogen) atoms. The van der Waals surface area contributed by atoms with Crippen molar-refractivity contribution in [2.75, 3.05) is 27.7 Å². The van der Waals surface area contributed by atoms with Crippen molar-refractivity contribution in [3.8, 4) is 5.75 Å². The Bertz CT molecular complexity index is 900. The summed E-state index contributed by atoms with van der Waals surface area (Å²) in [6, 6.07) is 6.77. The van der Waals surface area contributed by atoms with E-state index in [-0.39, 0.29) is 12.3 Å². The maximum absolute atomic E-state index is 12.6. The van der Waals surface area contributed by atoms with E-state index in [1.165, 1.54) is 27.4 Å². The lowest BCUT2D eigenvalue weighted by molar-refractivity contribution is -0.122. The van der Waals surface area contributed by atoms with Crippen molar-refractivity contribution in [1.29, 1.82) is 0 Å². The van der Waals surface area contributed by atoms with Crippen molar-refractivity contribution in [3.63, 3.8) is 0 Å². The van der Waals surface area contributed by atoms with E-state index in [1.54, 1.807) is 31.2 Å². The Morgan fingerprint density at radius 3 is 2.88 bits per heavy atom. The largest absolute Gasteiger partial charge is 0.476 e. The number of ether oxygens (including phenoxy) is 1. The Labute approximate surface area is 160 Å². The van der Waals surface area contributed by atoms with Gasteiger partial charge in [-0.1, -0.05) is 42.2 Å². The van der Waals surface area contributed by atoms with Gasteiger partial charge in [0.15, 0.2) is 10.4 Å². The number of rotatable bonds is 6. The zero-order valence-corrected chi connectivity index (χ0v) is 16.7. The molecule has 0 bridgehead atoms. The highest BCUT2D eigenvalue weighted by Gasteiger charge is 2.36. The van der Waals surface area contributed by atoms with Crippen LogP contribution in [0.25, 0.3) is 0 Å². The molecule has 0 fully saturated rings. The van der Waals surface area contributed by atoms with Crippen molar-refractivity contribution in [2.24, 2.45) is 0 Å². The van der Waals surface area contributed by atoms with Crippen LogP contribution in [0.5, 0.6) is 5.75 Å². The average Bonchev–Trinajstić information content (AvgIpc) is 3.08. The molecule has 2 heterocycles.